The van der Waals surface area contributed by atoms with Gasteiger partial charge < -0.3 is 9.84 Å². The topological polar surface area (TPSA) is 68.0 Å². The number of hydrogen-bond acceptors (Lipinski definition) is 4. The molecule has 138 valence electrons. The molecule has 1 amide bonds. The van der Waals surface area contributed by atoms with Crippen LogP contribution in [-0.2, 0) is 0 Å². The van der Waals surface area contributed by atoms with Gasteiger partial charge in [-0.15, -0.1) is 0 Å². The second-order valence-corrected chi connectivity index (χ2v) is 7.40. The van der Waals surface area contributed by atoms with Gasteiger partial charge in [0.25, 0.3) is 17.5 Å². The molecule has 2 aliphatic rings. The van der Waals surface area contributed by atoms with Crippen molar-refractivity contribution in [2.24, 2.45) is 11.8 Å². The molecule has 2 fully saturated rings. The number of fused-ring (bicyclic) bond motifs is 2. The largest absolute Gasteiger partial charge is 0.349 e. The maximum Gasteiger partial charge on any atom is 0.259 e. The average molecular weight is 369 g/mol. The molecule has 1 N–H and O–H groups in total. The summed E-state index contributed by atoms with van der Waals surface area (Å²) in [5, 5.41) is 7.40. The Labute approximate surface area is 153 Å². The zero-order chi connectivity index (χ0) is 18.8. The highest BCUT2D eigenvalue weighted by molar-refractivity contribution is 6.07. The molecule has 3 aromatic rings. The molecule has 0 spiro atoms. The minimum atomic E-state index is -2.54. The molecule has 0 aliphatic heterocycles. The zero-order valence-electron chi connectivity index (χ0n) is 14.6. The van der Waals surface area contributed by atoms with Crippen LogP contribution < -0.4 is 5.32 Å². The van der Waals surface area contributed by atoms with Gasteiger partial charge in [0.05, 0.1) is 22.3 Å². The zero-order valence-corrected chi connectivity index (χ0v) is 14.6. The van der Waals surface area contributed by atoms with Gasteiger partial charge in [-0.1, -0.05) is 35.5 Å². The number of halogens is 2. The lowest BCUT2D eigenvalue weighted by molar-refractivity contribution is 0.0649. The van der Waals surface area contributed by atoms with Crippen molar-refractivity contribution in [1.29, 1.82) is 0 Å². The molecule has 2 atom stereocenters. The van der Waals surface area contributed by atoms with Crippen molar-refractivity contribution >= 4 is 17.0 Å². The van der Waals surface area contributed by atoms with Crippen LogP contribution in [0.4, 0.5) is 8.78 Å². The van der Waals surface area contributed by atoms with Crippen LogP contribution in [0.1, 0.15) is 28.9 Å². The quantitative estimate of drug-likeness (QED) is 0.758. The second kappa shape index (κ2) is 5.58. The number of hydrogen-bond donors (Lipinski definition) is 1. The summed E-state index contributed by atoms with van der Waals surface area (Å²) in [5.41, 5.74) is 2.72. The standard InChI is InChI=1S/C20H17F2N3O2/c1-10-17-13(18(26)23-12-7-14-15(8-12)20(14,21)22)9-16(24-19(17)27-25-10)11-5-3-2-4-6-11/h2-6,9,12,14-15H,7-8H2,1H3,(H,23,26). The number of aromatic nitrogens is 2. The minimum absolute atomic E-state index is 0.226. The minimum Gasteiger partial charge on any atom is -0.349 e. The highest BCUT2D eigenvalue weighted by atomic mass is 19.3. The summed E-state index contributed by atoms with van der Waals surface area (Å²) in [6, 6.07) is 10.9. The van der Waals surface area contributed by atoms with Crippen molar-refractivity contribution in [3.05, 3.63) is 47.7 Å². The molecule has 27 heavy (non-hydrogen) atoms. The smallest absolute Gasteiger partial charge is 0.259 e. The third-order valence-electron chi connectivity index (χ3n) is 5.71. The van der Waals surface area contributed by atoms with Crippen LogP contribution in [0, 0.1) is 18.8 Å². The van der Waals surface area contributed by atoms with Gasteiger partial charge in [0.2, 0.25) is 0 Å². The lowest BCUT2D eigenvalue weighted by Crippen LogP contribution is -2.35. The van der Waals surface area contributed by atoms with E-state index in [9.17, 15) is 13.6 Å². The van der Waals surface area contributed by atoms with Crippen molar-refractivity contribution in [2.45, 2.75) is 31.7 Å². The Bertz CT molecular complexity index is 1030. The van der Waals surface area contributed by atoms with E-state index in [1.54, 1.807) is 13.0 Å². The number of nitrogens with zero attached hydrogens (tertiary/aromatic N) is 2. The van der Waals surface area contributed by atoms with Crippen LogP contribution >= 0.6 is 0 Å². The Hall–Kier alpha value is -2.83. The van der Waals surface area contributed by atoms with E-state index in [2.05, 4.69) is 15.5 Å². The van der Waals surface area contributed by atoms with E-state index in [4.69, 9.17) is 4.52 Å². The van der Waals surface area contributed by atoms with Crippen LogP contribution in [0.3, 0.4) is 0 Å². The van der Waals surface area contributed by atoms with Crippen molar-refractivity contribution in [1.82, 2.24) is 15.5 Å². The van der Waals surface area contributed by atoms with Gasteiger partial charge in [-0.05, 0) is 25.8 Å². The van der Waals surface area contributed by atoms with E-state index >= 15 is 0 Å². The van der Waals surface area contributed by atoms with Gasteiger partial charge in [0.1, 0.15) is 0 Å². The Morgan fingerprint density at radius 1 is 1.22 bits per heavy atom. The lowest BCUT2D eigenvalue weighted by Gasteiger charge is -2.16. The van der Waals surface area contributed by atoms with E-state index in [0.717, 1.165) is 5.56 Å². The van der Waals surface area contributed by atoms with E-state index in [1.165, 1.54) is 0 Å². The van der Waals surface area contributed by atoms with Crippen molar-refractivity contribution in [3.63, 3.8) is 0 Å². The summed E-state index contributed by atoms with van der Waals surface area (Å²) in [6.45, 7) is 1.75. The van der Waals surface area contributed by atoms with Crippen LogP contribution in [0.15, 0.2) is 40.9 Å². The number of amides is 1. The molecule has 0 saturated heterocycles. The molecular weight excluding hydrogens is 352 g/mol. The number of carbonyl (C=O) groups excluding carboxylic acids is 1. The van der Waals surface area contributed by atoms with Gasteiger partial charge in [-0.2, -0.15) is 0 Å². The van der Waals surface area contributed by atoms with Crippen LogP contribution in [0.2, 0.25) is 0 Å². The fourth-order valence-corrected chi connectivity index (χ4v) is 4.22. The number of aryl methyl sites for hydroxylation is 1. The van der Waals surface area contributed by atoms with Gasteiger partial charge in [-0.25, -0.2) is 13.8 Å². The third-order valence-corrected chi connectivity index (χ3v) is 5.71. The molecule has 5 rings (SSSR count). The Morgan fingerprint density at radius 3 is 2.63 bits per heavy atom. The van der Waals surface area contributed by atoms with E-state index in [-0.39, 0.29) is 11.9 Å². The van der Waals surface area contributed by atoms with Gasteiger partial charge in [-0.3, -0.25) is 4.79 Å². The van der Waals surface area contributed by atoms with E-state index < -0.39 is 17.8 Å². The maximum atomic E-state index is 13.4. The maximum absolute atomic E-state index is 13.4. The fourth-order valence-electron chi connectivity index (χ4n) is 4.22. The first-order valence-electron chi connectivity index (χ1n) is 8.96. The molecule has 2 saturated carbocycles. The Morgan fingerprint density at radius 2 is 1.93 bits per heavy atom. The van der Waals surface area contributed by atoms with Crippen molar-refractivity contribution in [3.8, 4) is 11.3 Å². The molecule has 2 aromatic heterocycles. The number of pyridine rings is 1. The number of rotatable bonds is 3. The van der Waals surface area contributed by atoms with Crippen molar-refractivity contribution in [2.75, 3.05) is 0 Å². The summed E-state index contributed by atoms with van der Waals surface area (Å²) in [4.78, 5) is 17.4. The van der Waals surface area contributed by atoms with E-state index in [0.29, 0.717) is 40.9 Å². The molecule has 2 aliphatic carbocycles. The molecule has 7 heteroatoms. The summed E-state index contributed by atoms with van der Waals surface area (Å²) >= 11 is 0. The molecule has 2 unspecified atom stereocenters. The predicted octanol–water partition coefficient (Wildman–Crippen LogP) is 3.97. The first-order chi connectivity index (χ1) is 12.9. The summed E-state index contributed by atoms with van der Waals surface area (Å²) in [6.07, 6.45) is 0.650. The summed E-state index contributed by atoms with van der Waals surface area (Å²) in [5.74, 6) is -4.02. The van der Waals surface area contributed by atoms with Crippen LogP contribution in [0.25, 0.3) is 22.4 Å². The number of nitrogens with one attached hydrogen (secondary N) is 1. The molecule has 1 aromatic carbocycles. The molecule has 5 nitrogen and oxygen atoms in total. The average Bonchev–Trinajstić information content (AvgIpc) is 3.06. The second-order valence-electron chi connectivity index (χ2n) is 7.40. The third kappa shape index (κ3) is 2.52. The lowest BCUT2D eigenvalue weighted by atomic mass is 10.0. The van der Waals surface area contributed by atoms with Gasteiger partial charge in [0, 0.05) is 23.4 Å². The van der Waals surface area contributed by atoms with Crippen LogP contribution in [0.5, 0.6) is 0 Å². The normalized spacial score (nSPS) is 25.4. The Balaban J connectivity index is 1.48. The molecule has 2 heterocycles. The van der Waals surface area contributed by atoms with Gasteiger partial charge in [0.15, 0.2) is 0 Å². The SMILES string of the molecule is Cc1noc2nc(-c3ccccc3)cc(C(=O)NC3CC4C(C3)C4(F)F)c12. The fraction of sp³-hybridized carbons (Fsp3) is 0.350. The Kier molecular flexibility index (Phi) is 3.38. The highest BCUT2D eigenvalue weighted by Gasteiger charge is 2.71. The first kappa shape index (κ1) is 16.4. The van der Waals surface area contributed by atoms with Crippen LogP contribution in [-0.4, -0.2) is 28.0 Å². The van der Waals surface area contributed by atoms with E-state index in [1.807, 2.05) is 30.3 Å². The molecular formula is C20H17F2N3O2. The highest BCUT2D eigenvalue weighted by Crippen LogP contribution is 2.64. The van der Waals surface area contributed by atoms with Gasteiger partial charge >= 0.3 is 0 Å². The monoisotopic (exact) mass is 369 g/mol. The first-order valence-corrected chi connectivity index (χ1v) is 8.96. The van der Waals surface area contributed by atoms with Crippen molar-refractivity contribution < 1.29 is 18.1 Å². The number of benzene rings is 1. The molecule has 0 bridgehead atoms. The summed E-state index contributed by atoms with van der Waals surface area (Å²) in [7, 11) is 0. The number of alkyl halides is 2. The molecule has 0 radical (unpaired) electrons. The predicted molar refractivity (Wildman–Crippen MR) is 94.4 cm³/mol. The summed E-state index contributed by atoms with van der Waals surface area (Å²) < 4.78 is 32.1. The number of carbonyl (C=O) groups is 1.